The summed E-state index contributed by atoms with van der Waals surface area (Å²) in [5.41, 5.74) is 1.23. The van der Waals surface area contributed by atoms with Crippen LogP contribution >= 0.6 is 24.0 Å². The first-order valence-corrected chi connectivity index (χ1v) is 12.3. The first-order chi connectivity index (χ1) is 14.4. The third-order valence-electron chi connectivity index (χ3n) is 5.53. The molecule has 1 unspecified atom stereocenters. The SMILES string of the molecule is CCS(=O)(=O)N(C)CCCNC(=NC)NCC(c1cccc(OC)c1)N1CCCC1.I. The van der Waals surface area contributed by atoms with Crippen molar-refractivity contribution in [2.45, 2.75) is 32.2 Å². The van der Waals surface area contributed by atoms with Crippen LogP contribution in [0.3, 0.4) is 0 Å². The summed E-state index contributed by atoms with van der Waals surface area (Å²) in [5.74, 6) is 1.72. The maximum Gasteiger partial charge on any atom is 0.213 e. The molecule has 1 aliphatic rings. The van der Waals surface area contributed by atoms with Crippen LogP contribution in [0, 0.1) is 0 Å². The van der Waals surface area contributed by atoms with Crippen LogP contribution in [-0.4, -0.2) is 83.3 Å². The highest BCUT2D eigenvalue weighted by Gasteiger charge is 2.24. The molecule has 1 aromatic rings. The van der Waals surface area contributed by atoms with Crippen molar-refractivity contribution in [3.63, 3.8) is 0 Å². The number of methoxy groups -OCH3 is 1. The standard InChI is InChI=1S/C21H37N5O3S.HI/c1-5-30(27,28)25(3)13-9-12-23-21(22-2)24-17-20(26-14-6-7-15-26)18-10-8-11-19(16-18)29-4;/h8,10-11,16,20H,5-7,9,12-15,17H2,1-4H3,(H2,22,23,24);1H. The summed E-state index contributed by atoms with van der Waals surface area (Å²) in [4.78, 5) is 6.81. The second kappa shape index (κ2) is 14.1. The van der Waals surface area contributed by atoms with Gasteiger partial charge in [0.1, 0.15) is 5.75 Å². The van der Waals surface area contributed by atoms with Crippen LogP contribution in [0.1, 0.15) is 37.8 Å². The molecule has 0 spiro atoms. The van der Waals surface area contributed by atoms with Gasteiger partial charge >= 0.3 is 0 Å². The van der Waals surface area contributed by atoms with Gasteiger partial charge in [0.05, 0.1) is 18.9 Å². The van der Waals surface area contributed by atoms with E-state index >= 15 is 0 Å². The Balaban J connectivity index is 0.00000480. The van der Waals surface area contributed by atoms with Crippen molar-refractivity contribution in [2.75, 3.05) is 59.7 Å². The van der Waals surface area contributed by atoms with E-state index in [1.807, 2.05) is 12.1 Å². The molecule has 0 aromatic heterocycles. The van der Waals surface area contributed by atoms with E-state index < -0.39 is 10.0 Å². The van der Waals surface area contributed by atoms with Crippen LogP contribution in [0.5, 0.6) is 5.75 Å². The second-order valence-corrected chi connectivity index (χ2v) is 9.86. The summed E-state index contributed by atoms with van der Waals surface area (Å²) in [5, 5.41) is 6.72. The van der Waals surface area contributed by atoms with E-state index in [1.165, 1.54) is 22.7 Å². The van der Waals surface area contributed by atoms with Gasteiger partial charge in [-0.2, -0.15) is 0 Å². The predicted octanol–water partition coefficient (Wildman–Crippen LogP) is 2.29. The van der Waals surface area contributed by atoms with Crippen LogP contribution in [-0.2, 0) is 10.0 Å². The van der Waals surface area contributed by atoms with Crippen LogP contribution < -0.4 is 15.4 Å². The Hall–Kier alpha value is -1.11. The Morgan fingerprint density at radius 2 is 2.00 bits per heavy atom. The Bertz CT molecular complexity index is 785. The molecule has 1 saturated heterocycles. The lowest BCUT2D eigenvalue weighted by Crippen LogP contribution is -2.43. The molecule has 0 amide bonds. The van der Waals surface area contributed by atoms with Gasteiger partial charge in [-0.25, -0.2) is 12.7 Å². The lowest BCUT2D eigenvalue weighted by molar-refractivity contribution is 0.245. The summed E-state index contributed by atoms with van der Waals surface area (Å²) < 4.78 is 30.5. The molecule has 10 heteroatoms. The number of halogens is 1. The molecule has 0 saturated carbocycles. The molecule has 2 N–H and O–H groups in total. The van der Waals surface area contributed by atoms with Crippen molar-refractivity contribution in [3.8, 4) is 5.75 Å². The number of rotatable bonds is 11. The van der Waals surface area contributed by atoms with E-state index in [0.29, 0.717) is 19.5 Å². The zero-order valence-corrected chi connectivity index (χ0v) is 22.3. The largest absolute Gasteiger partial charge is 0.497 e. The second-order valence-electron chi connectivity index (χ2n) is 7.49. The lowest BCUT2D eigenvalue weighted by atomic mass is 10.1. The summed E-state index contributed by atoms with van der Waals surface area (Å²) >= 11 is 0. The molecule has 1 aliphatic heterocycles. The minimum atomic E-state index is -3.13. The van der Waals surface area contributed by atoms with Gasteiger partial charge in [0, 0.05) is 33.7 Å². The third-order valence-corrected chi connectivity index (χ3v) is 7.39. The maximum atomic E-state index is 11.8. The molecule has 1 fully saturated rings. The molecule has 1 heterocycles. The van der Waals surface area contributed by atoms with Gasteiger partial charge in [-0.15, -0.1) is 24.0 Å². The van der Waals surface area contributed by atoms with Gasteiger partial charge < -0.3 is 15.4 Å². The Morgan fingerprint density at radius 1 is 1.29 bits per heavy atom. The predicted molar refractivity (Wildman–Crippen MR) is 138 cm³/mol. The molecular weight excluding hydrogens is 529 g/mol. The van der Waals surface area contributed by atoms with Crippen molar-refractivity contribution >= 4 is 40.0 Å². The normalized spacial score (nSPS) is 16.1. The molecule has 1 aromatic carbocycles. The van der Waals surface area contributed by atoms with Crippen LogP contribution in [0.15, 0.2) is 29.3 Å². The number of ether oxygens (including phenoxy) is 1. The molecule has 0 aliphatic carbocycles. The molecule has 178 valence electrons. The lowest BCUT2D eigenvalue weighted by Gasteiger charge is -2.29. The topological polar surface area (TPSA) is 86.3 Å². The van der Waals surface area contributed by atoms with E-state index in [-0.39, 0.29) is 35.8 Å². The number of aliphatic imine (C=N–C) groups is 1. The highest BCUT2D eigenvalue weighted by molar-refractivity contribution is 14.0. The smallest absolute Gasteiger partial charge is 0.213 e. The maximum absolute atomic E-state index is 11.8. The van der Waals surface area contributed by atoms with Crippen molar-refractivity contribution in [3.05, 3.63) is 29.8 Å². The summed E-state index contributed by atoms with van der Waals surface area (Å²) in [6.45, 7) is 5.71. The molecule has 31 heavy (non-hydrogen) atoms. The van der Waals surface area contributed by atoms with E-state index in [4.69, 9.17) is 4.74 Å². The van der Waals surface area contributed by atoms with Gasteiger partial charge in [0.2, 0.25) is 10.0 Å². The molecule has 1 atom stereocenters. The zero-order valence-electron chi connectivity index (χ0n) is 19.1. The number of likely N-dealkylation sites (tertiary alicyclic amines) is 1. The fraction of sp³-hybridized carbons (Fsp3) is 0.667. The van der Waals surface area contributed by atoms with Crippen molar-refractivity contribution < 1.29 is 13.2 Å². The molecule has 8 nitrogen and oxygen atoms in total. The van der Waals surface area contributed by atoms with E-state index in [2.05, 4.69) is 32.7 Å². The zero-order chi connectivity index (χ0) is 22.0. The van der Waals surface area contributed by atoms with Crippen LogP contribution in [0.4, 0.5) is 0 Å². The summed E-state index contributed by atoms with van der Waals surface area (Å²) in [6.07, 6.45) is 3.16. The highest BCUT2D eigenvalue weighted by Crippen LogP contribution is 2.27. The minimum absolute atomic E-state index is 0. The van der Waals surface area contributed by atoms with Gasteiger partial charge in [-0.1, -0.05) is 12.1 Å². The van der Waals surface area contributed by atoms with Gasteiger partial charge in [0.15, 0.2) is 5.96 Å². The third kappa shape index (κ3) is 8.74. The van der Waals surface area contributed by atoms with Gasteiger partial charge in [0.25, 0.3) is 0 Å². The van der Waals surface area contributed by atoms with Crippen molar-refractivity contribution in [2.24, 2.45) is 4.99 Å². The number of benzene rings is 1. The quantitative estimate of drug-likeness (QED) is 0.185. The number of hydrogen-bond acceptors (Lipinski definition) is 5. The van der Waals surface area contributed by atoms with Crippen LogP contribution in [0.25, 0.3) is 0 Å². The molecular formula is C21H38IN5O3S. The monoisotopic (exact) mass is 567 g/mol. The number of sulfonamides is 1. The summed E-state index contributed by atoms with van der Waals surface area (Å²) in [7, 11) is 1.94. The van der Waals surface area contributed by atoms with E-state index in [0.717, 1.165) is 31.3 Å². The van der Waals surface area contributed by atoms with Gasteiger partial charge in [-0.05, 0) is 57.0 Å². The summed E-state index contributed by atoms with van der Waals surface area (Å²) in [6, 6.07) is 8.49. The van der Waals surface area contributed by atoms with E-state index in [9.17, 15) is 8.42 Å². The Kier molecular flexibility index (Phi) is 12.7. The number of hydrogen-bond donors (Lipinski definition) is 2. The fourth-order valence-electron chi connectivity index (χ4n) is 3.64. The average molecular weight is 568 g/mol. The Morgan fingerprint density at radius 3 is 2.61 bits per heavy atom. The van der Waals surface area contributed by atoms with Crippen molar-refractivity contribution in [1.29, 1.82) is 0 Å². The first-order valence-electron chi connectivity index (χ1n) is 10.7. The van der Waals surface area contributed by atoms with E-state index in [1.54, 1.807) is 28.1 Å². The fourth-order valence-corrected chi connectivity index (χ4v) is 4.49. The average Bonchev–Trinajstić information content (AvgIpc) is 3.29. The van der Waals surface area contributed by atoms with Gasteiger partial charge in [-0.3, -0.25) is 9.89 Å². The number of nitrogens with zero attached hydrogens (tertiary/aromatic N) is 3. The molecule has 0 bridgehead atoms. The minimum Gasteiger partial charge on any atom is -0.497 e. The molecule has 0 radical (unpaired) electrons. The van der Waals surface area contributed by atoms with Crippen LogP contribution in [0.2, 0.25) is 0 Å². The first kappa shape index (κ1) is 27.9. The highest BCUT2D eigenvalue weighted by atomic mass is 127. The molecule has 2 rings (SSSR count). The number of nitrogens with one attached hydrogen (secondary N) is 2. The van der Waals surface area contributed by atoms with Crippen molar-refractivity contribution in [1.82, 2.24) is 19.8 Å². The number of guanidine groups is 1. The Labute approximate surface area is 204 Å².